The predicted molar refractivity (Wildman–Crippen MR) is 567 cm³/mol. The molecule has 0 aliphatic carbocycles. The molecule has 0 aromatic rings. The minimum atomic E-state index is -0.240. The van der Waals surface area contributed by atoms with Crippen molar-refractivity contribution in [2.45, 2.75) is 543 Å². The van der Waals surface area contributed by atoms with Crippen LogP contribution in [0.4, 0.5) is 0 Å². The molecule has 0 fully saturated rings. The highest BCUT2D eigenvalue weighted by atomic mass is 16.5. The summed E-state index contributed by atoms with van der Waals surface area (Å²) in [5.41, 5.74) is 0. The predicted octanol–water partition coefficient (Wildman–Crippen LogP) is 27.3. The minimum absolute atomic E-state index is 0.00717. The second-order valence-corrected chi connectivity index (χ2v) is 39.8. The van der Waals surface area contributed by atoms with E-state index in [9.17, 15) is 33.6 Å². The van der Waals surface area contributed by atoms with Gasteiger partial charge in [-0.3, -0.25) is 53.2 Å². The Hall–Kier alpha value is -3.75. The van der Waals surface area contributed by atoms with Gasteiger partial charge in [-0.15, -0.1) is 0 Å². The van der Waals surface area contributed by atoms with Crippen molar-refractivity contribution in [2.24, 2.45) is 0 Å². The van der Waals surface area contributed by atoms with Crippen LogP contribution in [0.5, 0.6) is 0 Å². The van der Waals surface area contributed by atoms with E-state index < -0.39 is 0 Å². The summed E-state index contributed by atoms with van der Waals surface area (Å²) in [6, 6.07) is 0. The number of rotatable bonds is 109. The van der Waals surface area contributed by atoms with Crippen molar-refractivity contribution < 1.29 is 43.0 Å². The molecule has 0 saturated heterocycles. The fourth-order valence-electron chi connectivity index (χ4n) is 17.7. The second kappa shape index (κ2) is 111. The zero-order valence-corrected chi connectivity index (χ0v) is 89.3. The van der Waals surface area contributed by atoms with Crippen LogP contribution < -0.4 is 31.9 Å². The number of hydrogen-bond acceptors (Lipinski definition) is 15. The fraction of sp³-hybridized carbons (Fsp3) is 0.938. The average molecular weight is 1870 g/mol. The Labute approximate surface area is 818 Å². The van der Waals surface area contributed by atoms with Gasteiger partial charge in [-0.05, 0) is 65.0 Å². The number of carbonyl (C=O) groups is 7. The summed E-state index contributed by atoms with van der Waals surface area (Å²) in [4.78, 5) is 100. The molecule has 0 aromatic carbocycles. The third kappa shape index (κ3) is 105. The fourth-order valence-corrected chi connectivity index (χ4v) is 17.7. The molecule has 0 heterocycles. The third-order valence-electron chi connectivity index (χ3n) is 26.4. The first-order chi connectivity index (χ1) is 64.8. The zero-order chi connectivity index (χ0) is 96.3. The van der Waals surface area contributed by atoms with E-state index in [0.29, 0.717) is 91.6 Å². The summed E-state index contributed by atoms with van der Waals surface area (Å²) in [7, 11) is 1.91. The summed E-state index contributed by atoms with van der Waals surface area (Å²) in [6.45, 7) is 25.5. The normalized spacial score (nSPS) is 11.5. The van der Waals surface area contributed by atoms with Crippen molar-refractivity contribution in [2.75, 3.05) is 145 Å². The molecule has 19 nitrogen and oxygen atoms in total. The van der Waals surface area contributed by atoms with E-state index in [2.05, 4.69) is 85.3 Å². The molecule has 0 aliphatic rings. The Bertz CT molecular complexity index is 2290. The lowest BCUT2D eigenvalue weighted by Crippen LogP contribution is -2.48. The summed E-state index contributed by atoms with van der Waals surface area (Å²) in [5.74, 6) is -0.434. The quantitative estimate of drug-likeness (QED) is 0.0246. The molecule has 0 radical (unpaired) electrons. The van der Waals surface area contributed by atoms with Gasteiger partial charge >= 0.3 is 11.9 Å². The van der Waals surface area contributed by atoms with E-state index in [1.807, 2.05) is 21.7 Å². The molecule has 0 aromatic heterocycles. The highest BCUT2D eigenvalue weighted by Gasteiger charge is 2.21. The van der Waals surface area contributed by atoms with Crippen LogP contribution in [-0.4, -0.2) is 206 Å². The number of ketones is 1. The Balaban J connectivity index is 0. The first-order valence-corrected chi connectivity index (χ1v) is 58.0. The Morgan fingerprint density at radius 2 is 0.394 bits per heavy atom. The van der Waals surface area contributed by atoms with Crippen molar-refractivity contribution >= 4 is 41.4 Å². The molecule has 0 rings (SSSR count). The SMILES string of the molecule is CCCCCCCCCCCCCC(=O)CN(CCNCCN(CCN(CC(=O)NCCCCCCCCCCCC)CC(=O)NCCCCCCCCCCCC)CC(=O)NCCCCCCCCCCCC)CC(=O)NCCCCCCCCCCCC.CCCCCCCCCCCCCCOC(=O)CN(CCCNC)CC(=O)OCCCCCCCCCCCCCC. The third-order valence-corrected chi connectivity index (χ3v) is 26.4. The molecule has 132 heavy (non-hydrogen) atoms. The van der Waals surface area contributed by atoms with E-state index >= 15 is 0 Å². The van der Waals surface area contributed by atoms with Crippen LogP contribution in [0.3, 0.4) is 0 Å². The minimum Gasteiger partial charge on any atom is -0.465 e. The van der Waals surface area contributed by atoms with Crippen molar-refractivity contribution in [3.8, 4) is 0 Å². The largest absolute Gasteiger partial charge is 0.465 e. The van der Waals surface area contributed by atoms with Gasteiger partial charge in [0.25, 0.3) is 0 Å². The number of Topliss-reactive ketones (excluding diaryl/α,β-unsaturated/α-hetero) is 1. The lowest BCUT2D eigenvalue weighted by molar-refractivity contribution is -0.149. The maximum atomic E-state index is 13.7. The van der Waals surface area contributed by atoms with Gasteiger partial charge in [0.05, 0.1) is 59.0 Å². The van der Waals surface area contributed by atoms with Gasteiger partial charge in [0.2, 0.25) is 23.6 Å². The molecule has 0 bridgehead atoms. The number of carbonyl (C=O) groups excluding carboxylic acids is 7. The molecule has 782 valence electrons. The number of amides is 4. The average Bonchev–Trinajstić information content (AvgIpc) is 0.931. The van der Waals surface area contributed by atoms with E-state index in [0.717, 1.165) is 103 Å². The second-order valence-electron chi connectivity index (χ2n) is 39.8. The van der Waals surface area contributed by atoms with Gasteiger partial charge in [-0.25, -0.2) is 0 Å². The molecule has 0 saturated carbocycles. The lowest BCUT2D eigenvalue weighted by atomic mass is 10.0. The lowest BCUT2D eigenvalue weighted by Gasteiger charge is -2.27. The summed E-state index contributed by atoms with van der Waals surface area (Å²) in [5, 5.41) is 19.4. The zero-order valence-electron chi connectivity index (χ0n) is 89.3. The molecule has 6 N–H and O–H groups in total. The van der Waals surface area contributed by atoms with Crippen molar-refractivity contribution in [3.63, 3.8) is 0 Å². The number of hydrogen-bond donors (Lipinski definition) is 6. The maximum absolute atomic E-state index is 13.7. The molecule has 19 heteroatoms. The van der Waals surface area contributed by atoms with E-state index in [4.69, 9.17) is 9.47 Å². The van der Waals surface area contributed by atoms with Gasteiger partial charge in [0, 0.05) is 78.4 Å². The van der Waals surface area contributed by atoms with Crippen LogP contribution in [0.25, 0.3) is 0 Å². The number of ether oxygens (including phenoxy) is 2. The van der Waals surface area contributed by atoms with Crippen molar-refractivity contribution in [1.82, 2.24) is 51.5 Å². The maximum Gasteiger partial charge on any atom is 0.320 e. The van der Waals surface area contributed by atoms with Gasteiger partial charge in [-0.2, -0.15) is 0 Å². The van der Waals surface area contributed by atoms with Gasteiger partial charge < -0.3 is 41.4 Å². The molecular weight excluding hydrogens is 1640 g/mol. The van der Waals surface area contributed by atoms with Crippen molar-refractivity contribution in [1.29, 1.82) is 0 Å². The van der Waals surface area contributed by atoms with Crippen LogP contribution in [0.15, 0.2) is 0 Å². The number of nitrogens with zero attached hydrogens (tertiary/aromatic N) is 4. The van der Waals surface area contributed by atoms with Gasteiger partial charge in [0.15, 0.2) is 0 Å². The summed E-state index contributed by atoms with van der Waals surface area (Å²) >= 11 is 0. The number of esters is 2. The van der Waals surface area contributed by atoms with E-state index in [-0.39, 0.29) is 87.2 Å². The molecule has 0 spiro atoms. The monoisotopic (exact) mass is 1870 g/mol. The molecule has 0 unspecified atom stereocenters. The van der Waals surface area contributed by atoms with E-state index in [1.165, 1.54) is 392 Å². The van der Waals surface area contributed by atoms with Crippen LogP contribution in [0, 0.1) is 0 Å². The molecule has 0 aliphatic heterocycles. The number of unbranched alkanes of at least 4 members (excludes halogenated alkanes) is 68. The van der Waals surface area contributed by atoms with Crippen LogP contribution >= 0.6 is 0 Å². The summed E-state index contributed by atoms with van der Waals surface area (Å²) in [6.07, 6.45) is 95.8. The first-order valence-electron chi connectivity index (χ1n) is 58.0. The van der Waals surface area contributed by atoms with Crippen LogP contribution in [0.2, 0.25) is 0 Å². The molecule has 0 atom stereocenters. The summed E-state index contributed by atoms with van der Waals surface area (Å²) < 4.78 is 11.0. The molecule has 4 amide bonds. The number of nitrogens with one attached hydrogen (secondary N) is 6. The highest BCUT2D eigenvalue weighted by Crippen LogP contribution is 2.20. The van der Waals surface area contributed by atoms with E-state index in [1.54, 1.807) is 0 Å². The smallest absolute Gasteiger partial charge is 0.320 e. The molecular formula is C113H226N10O9. The Morgan fingerprint density at radius 3 is 0.652 bits per heavy atom. The highest BCUT2D eigenvalue weighted by molar-refractivity contribution is 5.83. The Morgan fingerprint density at radius 1 is 0.189 bits per heavy atom. The van der Waals surface area contributed by atoms with Crippen molar-refractivity contribution in [3.05, 3.63) is 0 Å². The topological polar surface area (TPSA) is 223 Å². The van der Waals surface area contributed by atoms with Crippen LogP contribution in [0.1, 0.15) is 543 Å². The van der Waals surface area contributed by atoms with Gasteiger partial charge in [-0.1, -0.05) is 485 Å². The van der Waals surface area contributed by atoms with Gasteiger partial charge in [0.1, 0.15) is 5.78 Å². The standard InChI is InChI=1S/C77H154N8O5.C36H72N2O4/c1-6-11-16-21-26-31-36-37-42-47-52-57-73(86)68-84(70-75(88)80-59-54-49-44-39-33-28-23-18-13-8-3)65-63-78-62-64-83(69-74(87)79-58-53-48-43-38-32-27-22-17-12-7-2)66-67-85(71-76(89)81-60-55-50-45-40-34-29-24-19-14-9-4)72-77(90)82-61-56-51-46-41-35-30-25-20-15-10-5;1-4-6-8-10-12-14-16-18-20-22-24-26-31-41-35(39)33-38(30-28-29-37-3)34-36(40)42-32-27-25-23-21-19-17-15-13-11-9-7-5-2/h78H,6-72H2,1-5H3,(H,79,87)(H,80,88)(H,81,89)(H,82,90);37H,4-34H2,1-3H3. The Kier molecular flexibility index (Phi) is 109. The first kappa shape index (κ1) is 130. The van der Waals surface area contributed by atoms with Crippen LogP contribution in [-0.2, 0) is 43.0 Å².